The molecule has 1 aromatic heterocycles. The molecule has 0 aliphatic heterocycles. The molecule has 6 nitrogen and oxygen atoms in total. The van der Waals surface area contributed by atoms with Crippen LogP contribution in [0.25, 0.3) is 0 Å². The van der Waals surface area contributed by atoms with E-state index in [4.69, 9.17) is 14.2 Å². The molecule has 0 spiro atoms. The number of aromatic nitrogens is 1. The maximum atomic E-state index is 12.1. The Labute approximate surface area is 156 Å². The van der Waals surface area contributed by atoms with Gasteiger partial charge in [0.05, 0.1) is 18.1 Å². The average Bonchev–Trinajstić information content (AvgIpc) is 2.54. The molecule has 1 aliphatic rings. The zero-order valence-corrected chi connectivity index (χ0v) is 16.4. The first-order valence-corrected chi connectivity index (χ1v) is 9.30. The zero-order chi connectivity index (χ0) is 18.4. The molecule has 0 saturated heterocycles. The molecular formula is C18H24BrNO5. The zero-order valence-electron chi connectivity index (χ0n) is 14.8. The van der Waals surface area contributed by atoms with Gasteiger partial charge in [-0.2, -0.15) is 0 Å². The van der Waals surface area contributed by atoms with Gasteiger partial charge in [-0.25, -0.2) is 4.98 Å². The fourth-order valence-corrected chi connectivity index (χ4v) is 3.16. The van der Waals surface area contributed by atoms with E-state index in [1.54, 1.807) is 12.1 Å². The number of esters is 2. The van der Waals surface area contributed by atoms with Crippen LogP contribution < -0.4 is 4.74 Å². The first-order valence-electron chi connectivity index (χ1n) is 8.51. The Bertz CT molecular complexity index is 619. The lowest BCUT2D eigenvalue weighted by atomic mass is 9.87. The summed E-state index contributed by atoms with van der Waals surface area (Å²) in [5.74, 6) is -0.0898. The van der Waals surface area contributed by atoms with Gasteiger partial charge in [0.2, 0.25) is 0 Å². The second-order valence-corrected chi connectivity index (χ2v) is 7.26. The molecule has 1 saturated carbocycles. The minimum absolute atomic E-state index is 0.0512. The standard InChI is InChI=1S/C18H24BrNO5/c1-11(2)24-18(22)13-5-4-6-14(9-13)25-16-7-8-17(19)20-15(16)10-23-12(3)21/h7-8,11,13-14H,4-6,9-10H2,1-3H3/t13-,14+/m0/s1. The predicted molar refractivity (Wildman–Crippen MR) is 95.0 cm³/mol. The van der Waals surface area contributed by atoms with Gasteiger partial charge in [0.25, 0.3) is 0 Å². The van der Waals surface area contributed by atoms with Gasteiger partial charge in [-0.05, 0) is 67.6 Å². The van der Waals surface area contributed by atoms with Gasteiger partial charge < -0.3 is 14.2 Å². The van der Waals surface area contributed by atoms with E-state index in [1.165, 1.54) is 6.92 Å². The summed E-state index contributed by atoms with van der Waals surface area (Å²) in [6.45, 7) is 5.10. The van der Waals surface area contributed by atoms with Crippen molar-refractivity contribution in [2.24, 2.45) is 5.92 Å². The van der Waals surface area contributed by atoms with Crippen LogP contribution in [-0.4, -0.2) is 29.1 Å². The smallest absolute Gasteiger partial charge is 0.309 e. The Morgan fingerprint density at radius 2 is 2.08 bits per heavy atom. The van der Waals surface area contributed by atoms with Crippen molar-refractivity contribution in [1.29, 1.82) is 0 Å². The molecule has 25 heavy (non-hydrogen) atoms. The number of pyridine rings is 1. The maximum Gasteiger partial charge on any atom is 0.309 e. The van der Waals surface area contributed by atoms with Crippen LogP contribution in [0.3, 0.4) is 0 Å². The predicted octanol–water partition coefficient (Wildman–Crippen LogP) is 3.80. The minimum atomic E-state index is -0.373. The summed E-state index contributed by atoms with van der Waals surface area (Å²) in [6, 6.07) is 3.58. The summed E-state index contributed by atoms with van der Waals surface area (Å²) in [7, 11) is 0. The van der Waals surface area contributed by atoms with Gasteiger partial charge in [-0.3, -0.25) is 9.59 Å². The Morgan fingerprint density at radius 3 is 2.76 bits per heavy atom. The summed E-state index contributed by atoms with van der Waals surface area (Å²) < 4.78 is 17.1. The molecule has 0 unspecified atom stereocenters. The van der Waals surface area contributed by atoms with Crippen LogP contribution in [0.1, 0.15) is 52.1 Å². The maximum absolute atomic E-state index is 12.1. The number of halogens is 1. The fourth-order valence-electron chi connectivity index (χ4n) is 2.82. The normalized spacial score (nSPS) is 20.2. The minimum Gasteiger partial charge on any atom is -0.488 e. The molecule has 2 rings (SSSR count). The Morgan fingerprint density at radius 1 is 1.32 bits per heavy atom. The van der Waals surface area contributed by atoms with Gasteiger partial charge in [-0.1, -0.05) is 0 Å². The summed E-state index contributed by atoms with van der Waals surface area (Å²) in [5, 5.41) is 0. The molecule has 138 valence electrons. The monoisotopic (exact) mass is 413 g/mol. The molecule has 7 heteroatoms. The first kappa shape index (κ1) is 19.7. The third kappa shape index (κ3) is 6.30. The van der Waals surface area contributed by atoms with Gasteiger partial charge in [0.1, 0.15) is 22.7 Å². The molecule has 1 heterocycles. The summed E-state index contributed by atoms with van der Waals surface area (Å²) in [6.07, 6.45) is 3.02. The van der Waals surface area contributed by atoms with Crippen LogP contribution in [0.2, 0.25) is 0 Å². The molecular weight excluding hydrogens is 390 g/mol. The van der Waals surface area contributed by atoms with Crippen molar-refractivity contribution < 1.29 is 23.8 Å². The Balaban J connectivity index is 2.03. The summed E-state index contributed by atoms with van der Waals surface area (Å²) >= 11 is 3.31. The van der Waals surface area contributed by atoms with Gasteiger partial charge in [-0.15, -0.1) is 0 Å². The van der Waals surface area contributed by atoms with Crippen molar-refractivity contribution in [3.05, 3.63) is 22.4 Å². The molecule has 0 amide bonds. The highest BCUT2D eigenvalue weighted by molar-refractivity contribution is 9.10. The quantitative estimate of drug-likeness (QED) is 0.521. The lowest BCUT2D eigenvalue weighted by Crippen LogP contribution is -2.32. The van der Waals surface area contributed by atoms with Crippen LogP contribution >= 0.6 is 15.9 Å². The van der Waals surface area contributed by atoms with E-state index in [1.807, 2.05) is 13.8 Å². The topological polar surface area (TPSA) is 74.7 Å². The lowest BCUT2D eigenvalue weighted by molar-refractivity contribution is -0.154. The van der Waals surface area contributed by atoms with E-state index < -0.39 is 0 Å². The third-order valence-electron chi connectivity index (χ3n) is 3.92. The van der Waals surface area contributed by atoms with Gasteiger partial charge in [0, 0.05) is 6.92 Å². The summed E-state index contributed by atoms with van der Waals surface area (Å²) in [4.78, 5) is 27.5. The molecule has 0 N–H and O–H groups in total. The van der Waals surface area contributed by atoms with E-state index >= 15 is 0 Å². The number of carbonyl (C=O) groups excluding carboxylic acids is 2. The average molecular weight is 414 g/mol. The van der Waals surface area contributed by atoms with Crippen LogP contribution in [0.5, 0.6) is 5.75 Å². The van der Waals surface area contributed by atoms with Gasteiger partial charge in [0.15, 0.2) is 0 Å². The first-order chi connectivity index (χ1) is 11.8. The SMILES string of the molecule is CC(=O)OCc1nc(Br)ccc1O[C@@H]1CCC[C@H](C(=O)OC(C)C)C1. The molecule has 1 fully saturated rings. The van der Waals surface area contributed by atoms with Crippen LogP contribution in [0.4, 0.5) is 0 Å². The molecule has 1 aromatic rings. The van der Waals surface area contributed by atoms with Crippen molar-refractivity contribution in [1.82, 2.24) is 4.98 Å². The van der Waals surface area contributed by atoms with Crippen molar-refractivity contribution in [3.63, 3.8) is 0 Å². The third-order valence-corrected chi connectivity index (χ3v) is 4.36. The number of nitrogens with zero attached hydrogens (tertiary/aromatic N) is 1. The second kappa shape index (κ2) is 9.17. The van der Waals surface area contributed by atoms with Crippen molar-refractivity contribution in [3.8, 4) is 5.75 Å². The van der Waals surface area contributed by atoms with E-state index in [2.05, 4.69) is 20.9 Å². The van der Waals surface area contributed by atoms with E-state index in [9.17, 15) is 9.59 Å². The number of hydrogen-bond acceptors (Lipinski definition) is 6. The van der Waals surface area contributed by atoms with Crippen molar-refractivity contribution in [2.45, 2.75) is 65.3 Å². The lowest BCUT2D eigenvalue weighted by Gasteiger charge is -2.29. The molecule has 0 bridgehead atoms. The molecule has 2 atom stereocenters. The summed E-state index contributed by atoms with van der Waals surface area (Å²) in [5.41, 5.74) is 0.552. The van der Waals surface area contributed by atoms with E-state index in [-0.39, 0.29) is 36.7 Å². The highest BCUT2D eigenvalue weighted by atomic mass is 79.9. The number of rotatable bonds is 6. The molecule has 0 aromatic carbocycles. The molecule has 1 aliphatic carbocycles. The second-order valence-electron chi connectivity index (χ2n) is 6.45. The number of hydrogen-bond donors (Lipinski definition) is 0. The van der Waals surface area contributed by atoms with E-state index in [0.717, 1.165) is 19.3 Å². The van der Waals surface area contributed by atoms with Crippen LogP contribution in [0.15, 0.2) is 16.7 Å². The van der Waals surface area contributed by atoms with Crippen molar-refractivity contribution >= 4 is 27.9 Å². The fraction of sp³-hybridized carbons (Fsp3) is 0.611. The largest absolute Gasteiger partial charge is 0.488 e. The Kier molecular flexibility index (Phi) is 7.23. The molecule has 0 radical (unpaired) electrons. The van der Waals surface area contributed by atoms with Crippen molar-refractivity contribution in [2.75, 3.05) is 0 Å². The number of ether oxygens (including phenoxy) is 3. The highest BCUT2D eigenvalue weighted by Gasteiger charge is 2.30. The Hall–Kier alpha value is -1.63. The highest BCUT2D eigenvalue weighted by Crippen LogP contribution is 2.30. The number of carbonyl (C=O) groups is 2. The van der Waals surface area contributed by atoms with Gasteiger partial charge >= 0.3 is 11.9 Å². The van der Waals surface area contributed by atoms with Crippen LogP contribution in [-0.2, 0) is 25.7 Å². The van der Waals surface area contributed by atoms with Crippen LogP contribution in [0, 0.1) is 5.92 Å². The van der Waals surface area contributed by atoms with E-state index in [0.29, 0.717) is 22.5 Å².